The van der Waals surface area contributed by atoms with Gasteiger partial charge in [-0.15, -0.1) is 0 Å². The molecule has 25 heavy (non-hydrogen) atoms. The monoisotopic (exact) mass is 367 g/mol. The van der Waals surface area contributed by atoms with E-state index in [1.807, 2.05) is 16.7 Å². The highest BCUT2D eigenvalue weighted by molar-refractivity contribution is 6.29. The molecule has 136 valence electrons. The number of carbonyl (C=O) groups is 2. The van der Waals surface area contributed by atoms with Gasteiger partial charge in [0.15, 0.2) is 0 Å². The summed E-state index contributed by atoms with van der Waals surface area (Å²) in [5.74, 6) is 0.304. The summed E-state index contributed by atoms with van der Waals surface area (Å²) in [4.78, 5) is 38.4. The van der Waals surface area contributed by atoms with Gasteiger partial charge in [0.25, 0.3) is 0 Å². The topological polar surface area (TPSA) is 78.9 Å². The van der Waals surface area contributed by atoms with E-state index in [9.17, 15) is 9.59 Å². The number of ether oxygens (including phenoxy) is 1. The zero-order chi connectivity index (χ0) is 18.0. The Morgan fingerprint density at radius 3 is 2.96 bits per heavy atom. The van der Waals surface area contributed by atoms with Gasteiger partial charge in [-0.3, -0.25) is 4.79 Å². The number of aromatic nitrogens is 2. The first kappa shape index (κ1) is 17.7. The first-order chi connectivity index (χ1) is 12.0. The number of fused-ring (bicyclic) bond motifs is 1. The van der Waals surface area contributed by atoms with Gasteiger partial charge in [-0.05, 0) is 19.9 Å². The van der Waals surface area contributed by atoms with Crippen LogP contribution >= 0.6 is 11.6 Å². The highest BCUT2D eigenvalue weighted by atomic mass is 35.5. The van der Waals surface area contributed by atoms with Gasteiger partial charge >= 0.3 is 12.0 Å². The van der Waals surface area contributed by atoms with E-state index >= 15 is 0 Å². The van der Waals surface area contributed by atoms with Gasteiger partial charge in [0, 0.05) is 32.4 Å². The van der Waals surface area contributed by atoms with E-state index in [2.05, 4.69) is 9.97 Å². The van der Waals surface area contributed by atoms with Crippen molar-refractivity contribution in [3.05, 3.63) is 17.4 Å². The van der Waals surface area contributed by atoms with Gasteiger partial charge in [0.1, 0.15) is 5.15 Å². The van der Waals surface area contributed by atoms with Crippen LogP contribution in [0.1, 0.15) is 20.3 Å². The fraction of sp³-hybridized carbons (Fsp3) is 0.625. The molecule has 0 spiro atoms. The van der Waals surface area contributed by atoms with Crippen molar-refractivity contribution in [3.8, 4) is 0 Å². The van der Waals surface area contributed by atoms with Gasteiger partial charge < -0.3 is 19.4 Å². The van der Waals surface area contributed by atoms with Crippen LogP contribution in [-0.4, -0.2) is 76.6 Å². The molecule has 9 heteroatoms. The first-order valence-electron chi connectivity index (χ1n) is 8.47. The molecule has 0 bridgehead atoms. The number of piperazine rings is 1. The molecule has 2 saturated heterocycles. The quantitative estimate of drug-likeness (QED) is 0.578. The minimum atomic E-state index is -0.277. The number of esters is 1. The van der Waals surface area contributed by atoms with E-state index < -0.39 is 0 Å². The predicted molar refractivity (Wildman–Crippen MR) is 92.6 cm³/mol. The lowest BCUT2D eigenvalue weighted by Gasteiger charge is -2.37. The average Bonchev–Trinajstić information content (AvgIpc) is 2.84. The number of hydrogen-bond donors (Lipinski definition) is 0. The molecule has 1 aromatic rings. The van der Waals surface area contributed by atoms with Crippen LogP contribution in [0.15, 0.2) is 12.3 Å². The smallest absolute Gasteiger partial charge is 0.320 e. The Hall–Kier alpha value is -2.09. The molecule has 0 radical (unpaired) electrons. The van der Waals surface area contributed by atoms with E-state index in [1.54, 1.807) is 24.1 Å². The van der Waals surface area contributed by atoms with Crippen LogP contribution in [0.3, 0.4) is 0 Å². The third-order valence-corrected chi connectivity index (χ3v) is 4.92. The Morgan fingerprint density at radius 1 is 1.44 bits per heavy atom. The molecule has 0 N–H and O–H groups in total. The molecule has 3 rings (SSSR count). The van der Waals surface area contributed by atoms with E-state index in [0.717, 1.165) is 0 Å². The highest BCUT2D eigenvalue weighted by Gasteiger charge is 2.46. The molecule has 2 aliphatic heterocycles. The molecule has 2 amide bonds. The highest BCUT2D eigenvalue weighted by Crippen LogP contribution is 2.28. The molecule has 1 aromatic heterocycles. The maximum absolute atomic E-state index is 12.6. The maximum Gasteiger partial charge on any atom is 0.320 e. The third kappa shape index (κ3) is 3.63. The van der Waals surface area contributed by atoms with Crippen LogP contribution in [-0.2, 0) is 9.53 Å². The Kier molecular flexibility index (Phi) is 5.27. The molecule has 8 nitrogen and oxygen atoms in total. The Labute approximate surface area is 151 Å². The molecular weight excluding hydrogens is 346 g/mol. The molecular formula is C16H22ClN5O3. The Morgan fingerprint density at radius 2 is 2.24 bits per heavy atom. The summed E-state index contributed by atoms with van der Waals surface area (Å²) in [6.45, 7) is 6.40. The molecule has 2 aliphatic rings. The van der Waals surface area contributed by atoms with Crippen molar-refractivity contribution in [2.75, 3.05) is 37.7 Å². The van der Waals surface area contributed by atoms with Crippen LogP contribution in [0, 0.1) is 0 Å². The van der Waals surface area contributed by atoms with E-state index in [1.165, 1.54) is 0 Å². The summed E-state index contributed by atoms with van der Waals surface area (Å²) >= 11 is 5.95. The number of hydrogen-bond acceptors (Lipinski definition) is 6. The second-order valence-electron chi connectivity index (χ2n) is 6.16. The standard InChI is InChI=1S/C16H22ClN5O3/c1-3-25-14(23)5-7-21-11(2)12-10-20(8-9-22(12)16(21)24)15-18-6-4-13(17)19-15/h4,6,11-12H,3,5,7-10H2,1-2H3. The lowest BCUT2D eigenvalue weighted by molar-refractivity contribution is -0.143. The first-order valence-corrected chi connectivity index (χ1v) is 8.85. The van der Waals surface area contributed by atoms with Crippen molar-refractivity contribution in [3.63, 3.8) is 0 Å². The summed E-state index contributed by atoms with van der Waals surface area (Å²) < 4.78 is 4.95. The molecule has 0 saturated carbocycles. The molecule has 0 aromatic carbocycles. The molecule has 3 heterocycles. The molecule has 2 unspecified atom stereocenters. The van der Waals surface area contributed by atoms with Gasteiger partial charge in [0.05, 0.1) is 25.1 Å². The van der Waals surface area contributed by atoms with E-state index in [0.29, 0.717) is 43.9 Å². The molecule has 0 aliphatic carbocycles. The van der Waals surface area contributed by atoms with Crippen molar-refractivity contribution in [1.82, 2.24) is 19.8 Å². The van der Waals surface area contributed by atoms with Crippen molar-refractivity contribution in [2.24, 2.45) is 0 Å². The zero-order valence-electron chi connectivity index (χ0n) is 14.4. The third-order valence-electron chi connectivity index (χ3n) is 4.71. The van der Waals surface area contributed by atoms with Gasteiger partial charge in [-0.25, -0.2) is 14.8 Å². The average molecular weight is 368 g/mol. The zero-order valence-corrected chi connectivity index (χ0v) is 15.1. The van der Waals surface area contributed by atoms with Gasteiger partial charge in [-0.1, -0.05) is 11.6 Å². The largest absolute Gasteiger partial charge is 0.466 e. The number of rotatable bonds is 5. The molecule has 2 atom stereocenters. The lowest BCUT2D eigenvalue weighted by Crippen LogP contribution is -2.54. The second kappa shape index (κ2) is 7.43. The number of amides is 2. The predicted octanol–water partition coefficient (Wildman–Crippen LogP) is 1.40. The normalized spacial score (nSPS) is 23.0. The fourth-order valence-corrected chi connectivity index (χ4v) is 3.54. The van der Waals surface area contributed by atoms with Crippen LogP contribution < -0.4 is 4.90 Å². The summed E-state index contributed by atoms with van der Waals surface area (Å²) in [5, 5.41) is 0.402. The van der Waals surface area contributed by atoms with Crippen molar-refractivity contribution < 1.29 is 14.3 Å². The minimum Gasteiger partial charge on any atom is -0.466 e. The lowest BCUT2D eigenvalue weighted by atomic mass is 10.1. The number of anilines is 1. The van der Waals surface area contributed by atoms with Gasteiger partial charge in [0.2, 0.25) is 5.95 Å². The Balaban J connectivity index is 1.66. The second-order valence-corrected chi connectivity index (χ2v) is 6.54. The number of nitrogens with zero attached hydrogens (tertiary/aromatic N) is 5. The summed E-state index contributed by atoms with van der Waals surface area (Å²) in [5.41, 5.74) is 0. The Bertz CT molecular complexity index is 658. The van der Waals surface area contributed by atoms with Crippen molar-refractivity contribution >= 4 is 29.5 Å². The van der Waals surface area contributed by atoms with Crippen LogP contribution in [0.2, 0.25) is 5.15 Å². The molecule has 2 fully saturated rings. The van der Waals surface area contributed by atoms with Gasteiger partial charge in [-0.2, -0.15) is 0 Å². The minimum absolute atomic E-state index is 0.00362. The van der Waals surface area contributed by atoms with Crippen molar-refractivity contribution in [1.29, 1.82) is 0 Å². The van der Waals surface area contributed by atoms with E-state index in [-0.39, 0.29) is 30.5 Å². The van der Waals surface area contributed by atoms with E-state index in [4.69, 9.17) is 16.3 Å². The SMILES string of the molecule is CCOC(=O)CCN1C(=O)N2CCN(c3nccc(Cl)n3)CC2C1C. The maximum atomic E-state index is 12.6. The van der Waals surface area contributed by atoms with Crippen LogP contribution in [0.4, 0.5) is 10.7 Å². The van der Waals surface area contributed by atoms with Crippen LogP contribution in [0.5, 0.6) is 0 Å². The number of carbonyl (C=O) groups excluding carboxylic acids is 2. The summed E-state index contributed by atoms with van der Waals surface area (Å²) in [6.07, 6.45) is 1.84. The van der Waals surface area contributed by atoms with Crippen molar-refractivity contribution in [2.45, 2.75) is 32.4 Å². The number of halogens is 1. The fourth-order valence-electron chi connectivity index (χ4n) is 3.41. The van der Waals surface area contributed by atoms with Crippen LogP contribution in [0.25, 0.3) is 0 Å². The number of urea groups is 1. The summed E-state index contributed by atoms with van der Waals surface area (Å²) in [6, 6.07) is 1.66. The summed E-state index contributed by atoms with van der Waals surface area (Å²) in [7, 11) is 0.